The molecule has 3 heterocycles. The lowest BCUT2D eigenvalue weighted by molar-refractivity contribution is -0.314. The summed E-state index contributed by atoms with van der Waals surface area (Å²) in [5.74, 6) is -2.19. The molecule has 15 heteroatoms. The number of halogens is 2. The number of aliphatic hydroxyl groups excluding tert-OH is 1. The molecule has 19 atom stereocenters. The lowest BCUT2D eigenvalue weighted by atomic mass is 9.62. The number of ether oxygens (including phenoxy) is 8. The molecule has 4 unspecified atom stereocenters. The summed E-state index contributed by atoms with van der Waals surface area (Å²) in [5.41, 5.74) is 1.39. The van der Waals surface area contributed by atoms with Gasteiger partial charge in [-0.3, -0.25) is 9.59 Å². The molecule has 3 aliphatic carbocycles. The van der Waals surface area contributed by atoms with Crippen LogP contribution in [0, 0.1) is 35.5 Å². The fourth-order valence-electron chi connectivity index (χ4n) is 12.2. The summed E-state index contributed by atoms with van der Waals surface area (Å²) in [6, 6.07) is 5.21. The Morgan fingerprint density at radius 2 is 1.62 bits per heavy atom. The molecule has 1 aromatic rings. The number of rotatable bonds is 12. The van der Waals surface area contributed by atoms with Gasteiger partial charge in [0.05, 0.1) is 36.9 Å². The molecule has 5 fully saturated rings. The lowest BCUT2D eigenvalue weighted by Gasteiger charge is -2.47. The zero-order valence-electron chi connectivity index (χ0n) is 38.6. The first-order chi connectivity index (χ1) is 30.2. The van der Waals surface area contributed by atoms with Gasteiger partial charge in [0.15, 0.2) is 18.4 Å². The number of fused-ring (bicyclic) bond motifs is 5. The maximum absolute atomic E-state index is 15.1. The number of carbonyl (C=O) groups is 2. The van der Waals surface area contributed by atoms with E-state index in [1.165, 1.54) is 0 Å². The predicted molar refractivity (Wildman–Crippen MR) is 238 cm³/mol. The van der Waals surface area contributed by atoms with Crippen molar-refractivity contribution in [2.45, 2.75) is 172 Å². The first-order valence-electron chi connectivity index (χ1n) is 23.3. The second kappa shape index (κ2) is 21.5. The minimum atomic E-state index is -0.927. The van der Waals surface area contributed by atoms with E-state index >= 15 is 4.79 Å². The average molecular weight is 924 g/mol. The zero-order chi connectivity index (χ0) is 45.3. The molecule has 0 radical (unpaired) electrons. The van der Waals surface area contributed by atoms with Crippen molar-refractivity contribution >= 4 is 35.0 Å². The number of nitrogens with zero attached hydrogens (tertiary/aromatic N) is 1. The van der Waals surface area contributed by atoms with Crippen LogP contribution in [0.5, 0.6) is 0 Å². The lowest BCUT2D eigenvalue weighted by Crippen LogP contribution is -2.59. The Morgan fingerprint density at radius 3 is 2.30 bits per heavy atom. The fraction of sp³-hybridized carbons (Fsp3) is 0.792. The number of benzene rings is 1. The molecule has 0 bridgehead atoms. The highest BCUT2D eigenvalue weighted by atomic mass is 35.5. The SMILES string of the molecule is CC[C@H]1CCC[C@H](O[C@H]2CC[C@H](N(C)C)C(C)O2)[C@@H](C)C(=O)C2=C[C@H]3[C@@H]4C[C@H](O[C@@H]5OC(C)[C@H](OC)C(OC)C5OC)C[C@H]4[C@H](NCc4cc(Cl)ccc4Cl)[C@@H](O)[C@H]3[C@@H]2CC(=O)O1. The van der Waals surface area contributed by atoms with E-state index in [1.807, 2.05) is 26.8 Å². The predicted octanol–water partition coefficient (Wildman–Crippen LogP) is 6.76. The molecule has 0 amide bonds. The van der Waals surface area contributed by atoms with E-state index in [0.717, 1.165) is 24.8 Å². The molecule has 0 spiro atoms. The van der Waals surface area contributed by atoms with Crippen LogP contribution < -0.4 is 5.32 Å². The maximum Gasteiger partial charge on any atom is 0.306 e. The van der Waals surface area contributed by atoms with Gasteiger partial charge >= 0.3 is 5.97 Å². The number of ketones is 1. The van der Waals surface area contributed by atoms with Crippen LogP contribution >= 0.6 is 23.2 Å². The summed E-state index contributed by atoms with van der Waals surface area (Å²) in [4.78, 5) is 31.3. The van der Waals surface area contributed by atoms with Crippen LogP contribution in [0.25, 0.3) is 0 Å². The van der Waals surface area contributed by atoms with Crippen molar-refractivity contribution in [3.8, 4) is 0 Å². The van der Waals surface area contributed by atoms with Gasteiger partial charge in [-0.25, -0.2) is 0 Å². The summed E-state index contributed by atoms with van der Waals surface area (Å²) in [7, 11) is 9.03. The van der Waals surface area contributed by atoms with Crippen molar-refractivity contribution in [1.29, 1.82) is 0 Å². The van der Waals surface area contributed by atoms with Crippen LogP contribution in [-0.2, 0) is 54.0 Å². The van der Waals surface area contributed by atoms with Crippen LogP contribution in [0.1, 0.15) is 91.0 Å². The number of methoxy groups -OCH3 is 3. The van der Waals surface area contributed by atoms with Crippen LogP contribution in [0.4, 0.5) is 0 Å². The Bertz CT molecular complexity index is 1750. The molecule has 63 heavy (non-hydrogen) atoms. The smallest absolute Gasteiger partial charge is 0.306 e. The Labute approximate surface area is 384 Å². The van der Waals surface area contributed by atoms with Crippen LogP contribution in [0.3, 0.4) is 0 Å². The van der Waals surface area contributed by atoms with Crippen LogP contribution in [-0.4, -0.2) is 137 Å². The van der Waals surface area contributed by atoms with Gasteiger partial charge in [-0.05, 0) is 126 Å². The molecule has 7 rings (SSSR count). The Hall–Kier alpha value is -1.72. The van der Waals surface area contributed by atoms with E-state index in [0.29, 0.717) is 54.3 Å². The van der Waals surface area contributed by atoms with Crippen molar-refractivity contribution in [1.82, 2.24) is 10.2 Å². The molecule has 354 valence electrons. The van der Waals surface area contributed by atoms with E-state index in [4.69, 9.17) is 61.1 Å². The summed E-state index contributed by atoms with van der Waals surface area (Å²) < 4.78 is 50.2. The normalized spacial score (nSPS) is 42.4. The van der Waals surface area contributed by atoms with Crippen molar-refractivity contribution in [3.05, 3.63) is 45.5 Å². The second-order valence-corrected chi connectivity index (χ2v) is 20.1. The first kappa shape index (κ1) is 49.2. The number of Topliss-reactive ketones (excluding diaryl/α,β-unsaturated/α-hetero) is 1. The number of likely N-dealkylation sites (N-methyl/N-ethyl adjacent to an activating group) is 1. The van der Waals surface area contributed by atoms with Gasteiger partial charge in [0.25, 0.3) is 0 Å². The molecule has 6 aliphatic rings. The Morgan fingerprint density at radius 1 is 0.889 bits per heavy atom. The number of hydrogen-bond acceptors (Lipinski definition) is 13. The van der Waals surface area contributed by atoms with Crippen LogP contribution in [0.2, 0.25) is 10.0 Å². The van der Waals surface area contributed by atoms with Crippen molar-refractivity contribution in [3.63, 3.8) is 0 Å². The Kier molecular flexibility index (Phi) is 16.8. The molecule has 1 aromatic carbocycles. The second-order valence-electron chi connectivity index (χ2n) is 19.2. The molecule has 13 nitrogen and oxygen atoms in total. The highest BCUT2D eigenvalue weighted by Crippen LogP contribution is 2.57. The van der Waals surface area contributed by atoms with E-state index in [1.54, 1.807) is 33.5 Å². The molecule has 3 saturated heterocycles. The number of esters is 1. The van der Waals surface area contributed by atoms with Gasteiger partial charge in [0, 0.05) is 67.8 Å². The number of carbonyl (C=O) groups excluding carboxylic acids is 2. The third-order valence-corrected chi connectivity index (χ3v) is 16.0. The monoisotopic (exact) mass is 922 g/mol. The van der Waals surface area contributed by atoms with Crippen molar-refractivity contribution < 1.29 is 52.6 Å². The van der Waals surface area contributed by atoms with Gasteiger partial charge in [-0.2, -0.15) is 0 Å². The number of aliphatic hydroxyl groups is 1. The van der Waals surface area contributed by atoms with Crippen molar-refractivity contribution in [2.24, 2.45) is 35.5 Å². The summed E-state index contributed by atoms with van der Waals surface area (Å²) in [5, 5.41) is 17.6. The van der Waals surface area contributed by atoms with E-state index in [2.05, 4.69) is 37.3 Å². The first-order valence-corrected chi connectivity index (χ1v) is 24.1. The minimum Gasteiger partial charge on any atom is -0.462 e. The molecule has 0 aromatic heterocycles. The van der Waals surface area contributed by atoms with Gasteiger partial charge in [0.1, 0.15) is 24.4 Å². The Balaban J connectivity index is 1.20. The van der Waals surface area contributed by atoms with Gasteiger partial charge < -0.3 is 53.2 Å². The van der Waals surface area contributed by atoms with Crippen molar-refractivity contribution in [2.75, 3.05) is 35.4 Å². The average Bonchev–Trinajstić information content (AvgIpc) is 3.84. The van der Waals surface area contributed by atoms with Gasteiger partial charge in [0.2, 0.25) is 0 Å². The maximum atomic E-state index is 15.1. The largest absolute Gasteiger partial charge is 0.462 e. The van der Waals surface area contributed by atoms with E-state index in [9.17, 15) is 9.90 Å². The number of cyclic esters (lactones) is 1. The standard InChI is InChI=1S/C48H72Cl2N2O11/c1-10-29-12-11-13-38(63-40-17-16-37(52(5)6)25(3)59-40)24(2)43(54)35-21-32-31-19-30(62-48-47(58-9)46(57-8)45(56-7)26(4)60-48)20-34(31)42(44(55)41(32)33(35)22-39(53)61-29)51-23-27-18-28(49)14-15-36(27)50/h14-15,18,21,24-26,29-34,37-38,40-42,44-48,51,55H,10-13,16-17,19-20,22-23H2,1-9H3/t24-,25?,26?,29+,30+,31+,32+,33-,34-,37+,38+,40+,41-,42+,44+,45+,46?,47?,48+/m1/s1. The van der Waals surface area contributed by atoms with Crippen LogP contribution in [0.15, 0.2) is 29.8 Å². The van der Waals surface area contributed by atoms with E-state index in [-0.39, 0.29) is 72.5 Å². The van der Waals surface area contributed by atoms with Gasteiger partial charge in [-0.15, -0.1) is 0 Å². The fourth-order valence-corrected chi connectivity index (χ4v) is 12.6. The van der Waals surface area contributed by atoms with E-state index < -0.39 is 60.8 Å². The highest BCUT2D eigenvalue weighted by molar-refractivity contribution is 6.33. The summed E-state index contributed by atoms with van der Waals surface area (Å²) in [6.45, 7) is 8.37. The highest BCUT2D eigenvalue weighted by Gasteiger charge is 2.60. The molecule has 2 N–H and O–H groups in total. The van der Waals surface area contributed by atoms with Gasteiger partial charge in [-0.1, -0.05) is 43.1 Å². The number of hydrogen-bond donors (Lipinski definition) is 2. The summed E-state index contributed by atoms with van der Waals surface area (Å²) >= 11 is 13.1. The minimum absolute atomic E-state index is 0.00490. The molecule has 2 saturated carbocycles. The zero-order valence-corrected chi connectivity index (χ0v) is 40.1. The quantitative estimate of drug-likeness (QED) is 0.214. The summed E-state index contributed by atoms with van der Waals surface area (Å²) in [6.07, 6.45) is 3.04. The topological polar surface area (TPSA) is 143 Å². The third kappa shape index (κ3) is 10.6. The molecular formula is C48H72Cl2N2O11. The molecule has 3 aliphatic heterocycles. The number of nitrogens with one attached hydrogen (secondary N) is 1. The third-order valence-electron chi connectivity index (χ3n) is 15.4. The number of allylic oxidation sites excluding steroid dienone is 2. The molecular weight excluding hydrogens is 851 g/mol.